The van der Waals surface area contributed by atoms with Crippen LogP contribution in [0.5, 0.6) is 0 Å². The van der Waals surface area contributed by atoms with Gasteiger partial charge >= 0.3 is 12.2 Å². The second-order valence-electron chi connectivity index (χ2n) is 8.46. The van der Waals surface area contributed by atoms with Crippen molar-refractivity contribution < 1.29 is 32.6 Å². The van der Waals surface area contributed by atoms with E-state index in [0.717, 1.165) is 6.07 Å². The Kier molecular flexibility index (Phi) is 7.28. The summed E-state index contributed by atoms with van der Waals surface area (Å²) in [6.45, 7) is 2.91. The van der Waals surface area contributed by atoms with E-state index >= 15 is 4.39 Å². The summed E-state index contributed by atoms with van der Waals surface area (Å²) in [6, 6.07) is 4.60. The van der Waals surface area contributed by atoms with Gasteiger partial charge in [-0.05, 0) is 48.7 Å². The van der Waals surface area contributed by atoms with Crippen LogP contribution < -0.4 is 5.32 Å². The molecular weight excluding hydrogens is 442 g/mol. The number of carbonyl (C=O) groups excluding carboxylic acids is 1. The molecule has 1 aliphatic rings. The van der Waals surface area contributed by atoms with E-state index in [-0.39, 0.29) is 55.9 Å². The van der Waals surface area contributed by atoms with Crippen molar-refractivity contribution in [1.82, 2.24) is 9.88 Å². The Labute approximate surface area is 189 Å². The van der Waals surface area contributed by atoms with E-state index in [9.17, 15) is 23.1 Å². The van der Waals surface area contributed by atoms with Crippen LogP contribution in [-0.4, -0.2) is 51.9 Å². The zero-order valence-corrected chi connectivity index (χ0v) is 18.4. The smallest absolute Gasteiger partial charge is 0.394 e. The highest BCUT2D eigenvalue weighted by molar-refractivity contribution is 5.89. The van der Waals surface area contributed by atoms with Gasteiger partial charge in [-0.1, -0.05) is 6.07 Å². The number of amides is 2. The second kappa shape index (κ2) is 9.64. The SMILES string of the molecule is Cc1cc(NC(=O)N2CCC(F)(c3ncc(CC(O)CO)cc3C)CC2)ccc1C(F)(F)F. The fourth-order valence-electron chi connectivity index (χ4n) is 4.11. The normalized spacial score (nSPS) is 17.0. The molecule has 2 aromatic rings. The van der Waals surface area contributed by atoms with Crippen molar-refractivity contribution in [1.29, 1.82) is 0 Å². The number of nitrogens with one attached hydrogen (secondary N) is 1. The number of aliphatic hydroxyl groups excluding tert-OH is 2. The standard InChI is InChI=1S/C23H27F4N3O3/c1-14-10-17(3-4-19(14)23(25,26)27)29-21(33)30-7-5-22(24,6-8-30)20-15(2)9-16(12-28-20)11-18(32)13-31/h3-4,9-10,12,18,31-32H,5-8,11,13H2,1-2H3,(H,29,33). The van der Waals surface area contributed by atoms with Gasteiger partial charge in [-0.2, -0.15) is 13.2 Å². The summed E-state index contributed by atoms with van der Waals surface area (Å²) in [5, 5.41) is 21.1. The lowest BCUT2D eigenvalue weighted by Gasteiger charge is -2.36. The molecule has 3 N–H and O–H groups in total. The van der Waals surface area contributed by atoms with Crippen LogP contribution in [-0.2, 0) is 18.3 Å². The van der Waals surface area contributed by atoms with Crippen LogP contribution in [0, 0.1) is 13.8 Å². The molecule has 0 saturated carbocycles. The van der Waals surface area contributed by atoms with Gasteiger partial charge in [-0.25, -0.2) is 9.18 Å². The monoisotopic (exact) mass is 469 g/mol. The first kappa shape index (κ1) is 24.9. The molecule has 1 aromatic carbocycles. The van der Waals surface area contributed by atoms with E-state index in [1.54, 1.807) is 13.0 Å². The molecule has 10 heteroatoms. The van der Waals surface area contributed by atoms with Gasteiger partial charge in [-0.15, -0.1) is 0 Å². The molecule has 2 heterocycles. The van der Waals surface area contributed by atoms with Crippen molar-refractivity contribution in [2.24, 2.45) is 0 Å². The molecule has 3 rings (SSSR count). The third kappa shape index (κ3) is 5.80. The molecule has 1 aliphatic heterocycles. The highest BCUT2D eigenvalue weighted by Gasteiger charge is 2.40. The van der Waals surface area contributed by atoms with Gasteiger partial charge in [0.1, 0.15) is 0 Å². The Balaban J connectivity index is 1.63. The predicted octanol–water partition coefficient (Wildman–Crippen LogP) is 4.11. The lowest BCUT2D eigenvalue weighted by molar-refractivity contribution is -0.138. The van der Waals surface area contributed by atoms with Crippen molar-refractivity contribution in [3.05, 3.63) is 58.4 Å². The van der Waals surface area contributed by atoms with Crippen molar-refractivity contribution in [2.45, 2.75) is 51.1 Å². The zero-order chi connectivity index (χ0) is 24.4. The van der Waals surface area contributed by atoms with Crippen molar-refractivity contribution in [3.8, 4) is 0 Å². The number of carbonyl (C=O) groups is 1. The van der Waals surface area contributed by atoms with E-state index in [1.807, 2.05) is 0 Å². The lowest BCUT2D eigenvalue weighted by Crippen LogP contribution is -2.45. The first-order valence-corrected chi connectivity index (χ1v) is 10.6. The Morgan fingerprint density at radius 2 is 1.88 bits per heavy atom. The Morgan fingerprint density at radius 3 is 2.42 bits per heavy atom. The van der Waals surface area contributed by atoms with Crippen LogP contribution in [0.25, 0.3) is 0 Å². The molecule has 0 aliphatic carbocycles. The predicted molar refractivity (Wildman–Crippen MR) is 115 cm³/mol. The van der Waals surface area contributed by atoms with Crippen LogP contribution in [0.1, 0.15) is 40.8 Å². The molecule has 1 atom stereocenters. The maximum atomic E-state index is 15.7. The average Bonchev–Trinajstić information content (AvgIpc) is 2.73. The number of hydrogen-bond acceptors (Lipinski definition) is 4. The largest absolute Gasteiger partial charge is 0.416 e. The Morgan fingerprint density at radius 1 is 1.21 bits per heavy atom. The topological polar surface area (TPSA) is 85.7 Å². The summed E-state index contributed by atoms with van der Waals surface area (Å²) in [7, 11) is 0. The molecule has 180 valence electrons. The number of halogens is 4. The molecular formula is C23H27F4N3O3. The minimum atomic E-state index is -4.47. The van der Waals surface area contributed by atoms with Crippen LogP contribution in [0.3, 0.4) is 0 Å². The number of rotatable bonds is 5. The number of urea groups is 1. The van der Waals surface area contributed by atoms with Gasteiger partial charge in [-0.3, -0.25) is 4.98 Å². The number of aryl methyl sites for hydroxylation is 2. The number of pyridine rings is 1. The Hall–Kier alpha value is -2.72. The second-order valence-corrected chi connectivity index (χ2v) is 8.46. The van der Waals surface area contributed by atoms with Crippen LogP contribution in [0.4, 0.5) is 28.0 Å². The number of nitrogens with zero attached hydrogens (tertiary/aromatic N) is 2. The van der Waals surface area contributed by atoms with Crippen molar-refractivity contribution in [3.63, 3.8) is 0 Å². The number of hydrogen-bond donors (Lipinski definition) is 3. The zero-order valence-electron chi connectivity index (χ0n) is 18.4. The van der Waals surface area contributed by atoms with E-state index in [2.05, 4.69) is 10.3 Å². The fourth-order valence-corrected chi connectivity index (χ4v) is 4.11. The Bertz CT molecular complexity index is 1000. The van der Waals surface area contributed by atoms with Gasteiger partial charge in [0.2, 0.25) is 0 Å². The molecule has 1 saturated heterocycles. The van der Waals surface area contributed by atoms with Gasteiger partial charge in [0.05, 0.1) is 24.0 Å². The molecule has 0 spiro atoms. The number of likely N-dealkylation sites (tertiary alicyclic amines) is 1. The van der Waals surface area contributed by atoms with Gasteiger partial charge in [0, 0.05) is 44.2 Å². The summed E-state index contributed by atoms with van der Waals surface area (Å²) >= 11 is 0. The number of aromatic nitrogens is 1. The summed E-state index contributed by atoms with van der Waals surface area (Å²) in [5.74, 6) is 0. The summed E-state index contributed by atoms with van der Waals surface area (Å²) in [4.78, 5) is 18.2. The quantitative estimate of drug-likeness (QED) is 0.576. The van der Waals surface area contributed by atoms with Crippen LogP contribution >= 0.6 is 0 Å². The molecule has 2 amide bonds. The fraction of sp³-hybridized carbons (Fsp3) is 0.478. The van der Waals surface area contributed by atoms with E-state index in [1.165, 1.54) is 30.2 Å². The van der Waals surface area contributed by atoms with E-state index < -0.39 is 29.5 Å². The molecule has 6 nitrogen and oxygen atoms in total. The lowest BCUT2D eigenvalue weighted by atomic mass is 9.87. The molecule has 0 radical (unpaired) electrons. The maximum absolute atomic E-state index is 15.7. The minimum Gasteiger partial charge on any atom is -0.394 e. The summed E-state index contributed by atoms with van der Waals surface area (Å²) in [5.41, 5.74) is -0.661. The first-order chi connectivity index (χ1) is 15.4. The molecule has 33 heavy (non-hydrogen) atoms. The third-order valence-corrected chi connectivity index (χ3v) is 5.87. The maximum Gasteiger partial charge on any atom is 0.416 e. The van der Waals surface area contributed by atoms with Crippen LogP contribution in [0.2, 0.25) is 0 Å². The first-order valence-electron chi connectivity index (χ1n) is 10.6. The third-order valence-electron chi connectivity index (χ3n) is 5.87. The number of aliphatic hydroxyl groups is 2. The number of benzene rings is 1. The summed E-state index contributed by atoms with van der Waals surface area (Å²) < 4.78 is 54.4. The molecule has 0 bridgehead atoms. The van der Waals surface area contributed by atoms with Gasteiger partial charge in [0.25, 0.3) is 0 Å². The molecule has 1 aromatic heterocycles. The number of anilines is 1. The van der Waals surface area contributed by atoms with Gasteiger partial charge in [0.15, 0.2) is 5.67 Å². The number of piperidine rings is 1. The molecule has 1 unspecified atom stereocenters. The summed E-state index contributed by atoms with van der Waals surface area (Å²) in [6.07, 6.45) is -3.63. The van der Waals surface area contributed by atoms with Crippen molar-refractivity contribution in [2.75, 3.05) is 25.0 Å². The minimum absolute atomic E-state index is 0.00165. The van der Waals surface area contributed by atoms with Gasteiger partial charge < -0.3 is 20.4 Å². The average molecular weight is 469 g/mol. The van der Waals surface area contributed by atoms with E-state index in [0.29, 0.717) is 11.1 Å². The highest BCUT2D eigenvalue weighted by Crippen LogP contribution is 2.38. The highest BCUT2D eigenvalue weighted by atomic mass is 19.4. The van der Waals surface area contributed by atoms with E-state index in [4.69, 9.17) is 5.11 Å². The van der Waals surface area contributed by atoms with Crippen molar-refractivity contribution >= 4 is 11.7 Å². The molecule has 1 fully saturated rings. The number of alkyl halides is 4. The van der Waals surface area contributed by atoms with Crippen LogP contribution in [0.15, 0.2) is 30.5 Å².